The van der Waals surface area contributed by atoms with E-state index in [-0.39, 0.29) is 0 Å². The quantitative estimate of drug-likeness (QED) is 0.547. The molecule has 54 valence electrons. The van der Waals surface area contributed by atoms with Crippen LogP contribution in [0.15, 0.2) is 34.1 Å². The van der Waals surface area contributed by atoms with Gasteiger partial charge < -0.3 is 4.55 Å². The Hall–Kier alpha value is -0.120. The maximum atomic E-state index is 8.61. The molecule has 10 heavy (non-hydrogen) atoms. The first-order valence-corrected chi connectivity index (χ1v) is 4.82. The summed E-state index contributed by atoms with van der Waals surface area (Å²) in [4.78, 5) is 2.11. The summed E-state index contributed by atoms with van der Waals surface area (Å²) in [5, 5.41) is 0. The number of hydrogen-bond acceptors (Lipinski definition) is 3. The van der Waals surface area contributed by atoms with Gasteiger partial charge >= 0.3 is 0 Å². The highest BCUT2D eigenvalue weighted by molar-refractivity contribution is 7.98. The van der Waals surface area contributed by atoms with Crippen molar-refractivity contribution in [3.63, 3.8) is 0 Å². The predicted octanol–water partition coefficient (Wildman–Crippen LogP) is 2.97. The van der Waals surface area contributed by atoms with E-state index in [2.05, 4.69) is 0 Å². The summed E-state index contributed by atoms with van der Waals surface area (Å²) in [5.41, 5.74) is 0. The summed E-state index contributed by atoms with van der Waals surface area (Å²) in [6.07, 6.45) is 2.03. The van der Waals surface area contributed by atoms with Gasteiger partial charge in [-0.25, -0.2) is 0 Å². The summed E-state index contributed by atoms with van der Waals surface area (Å²) < 4.78 is 8.61. The third-order valence-corrected chi connectivity index (χ3v) is 2.39. The largest absolute Gasteiger partial charge is 0.325 e. The Labute approximate surface area is 69.0 Å². The number of thioether (sulfide) groups is 1. The average molecular weight is 172 g/mol. The van der Waals surface area contributed by atoms with Crippen molar-refractivity contribution in [3.05, 3.63) is 24.3 Å². The van der Waals surface area contributed by atoms with Crippen LogP contribution in [0, 0.1) is 0 Å². The van der Waals surface area contributed by atoms with Crippen LogP contribution in [0.1, 0.15) is 0 Å². The molecule has 0 amide bonds. The molecular weight excluding hydrogens is 164 g/mol. The Morgan fingerprint density at radius 2 is 1.60 bits per heavy atom. The van der Waals surface area contributed by atoms with Crippen molar-refractivity contribution < 1.29 is 4.55 Å². The third-order valence-electron chi connectivity index (χ3n) is 1.16. The molecule has 0 atom stereocenters. The number of hydrogen-bond donors (Lipinski definition) is 1. The van der Waals surface area contributed by atoms with Crippen molar-refractivity contribution in [3.8, 4) is 0 Å². The van der Waals surface area contributed by atoms with Crippen LogP contribution in [-0.2, 0) is 0 Å². The highest BCUT2D eigenvalue weighted by Crippen LogP contribution is 2.19. The van der Waals surface area contributed by atoms with Crippen molar-refractivity contribution in [1.82, 2.24) is 0 Å². The molecule has 0 bridgehead atoms. The SMILES string of the molecule is CSc1ccc(SO)cc1. The lowest BCUT2D eigenvalue weighted by Gasteiger charge is -1.95. The highest BCUT2D eigenvalue weighted by atomic mass is 32.2. The molecule has 0 spiro atoms. The molecule has 1 nitrogen and oxygen atoms in total. The van der Waals surface area contributed by atoms with E-state index >= 15 is 0 Å². The van der Waals surface area contributed by atoms with E-state index in [9.17, 15) is 0 Å². The first-order valence-electron chi connectivity index (χ1n) is 2.82. The standard InChI is InChI=1S/C7H8OS2/c1-9-6-2-4-7(10-8)5-3-6/h2-5,8H,1H3. The van der Waals surface area contributed by atoms with Gasteiger partial charge in [-0.05, 0) is 30.5 Å². The van der Waals surface area contributed by atoms with Gasteiger partial charge in [-0.2, -0.15) is 0 Å². The fourth-order valence-electron chi connectivity index (χ4n) is 0.637. The van der Waals surface area contributed by atoms with E-state index < -0.39 is 0 Å². The summed E-state index contributed by atoms with van der Waals surface area (Å²) in [6, 6.07) is 7.78. The zero-order valence-electron chi connectivity index (χ0n) is 5.57. The van der Waals surface area contributed by atoms with Gasteiger partial charge in [0.15, 0.2) is 0 Å². The van der Waals surface area contributed by atoms with Crippen LogP contribution < -0.4 is 0 Å². The molecule has 0 unspecified atom stereocenters. The zero-order valence-corrected chi connectivity index (χ0v) is 7.21. The molecule has 0 aliphatic rings. The monoisotopic (exact) mass is 172 g/mol. The summed E-state index contributed by atoms with van der Waals surface area (Å²) in [5.74, 6) is 0. The fourth-order valence-corrected chi connectivity index (χ4v) is 1.30. The summed E-state index contributed by atoms with van der Waals surface area (Å²) in [6.45, 7) is 0. The second-order valence-electron chi connectivity index (χ2n) is 1.77. The normalized spacial score (nSPS) is 9.80. The van der Waals surface area contributed by atoms with Gasteiger partial charge in [-0.1, -0.05) is 0 Å². The lowest BCUT2D eigenvalue weighted by atomic mass is 10.4. The summed E-state index contributed by atoms with van der Waals surface area (Å²) >= 11 is 2.48. The molecule has 0 fully saturated rings. The van der Waals surface area contributed by atoms with Crippen molar-refractivity contribution in [1.29, 1.82) is 0 Å². The third kappa shape index (κ3) is 1.94. The molecule has 0 heterocycles. The second kappa shape index (κ2) is 3.91. The van der Waals surface area contributed by atoms with Crippen molar-refractivity contribution in [2.75, 3.05) is 6.26 Å². The zero-order chi connectivity index (χ0) is 7.40. The topological polar surface area (TPSA) is 20.2 Å². The second-order valence-corrected chi connectivity index (χ2v) is 3.30. The lowest BCUT2D eigenvalue weighted by Crippen LogP contribution is -1.70. The van der Waals surface area contributed by atoms with E-state index in [1.807, 2.05) is 30.5 Å². The van der Waals surface area contributed by atoms with Gasteiger partial charge in [0.05, 0.1) is 0 Å². The van der Waals surface area contributed by atoms with Gasteiger partial charge in [0, 0.05) is 21.8 Å². The predicted molar refractivity (Wildman–Crippen MR) is 46.7 cm³/mol. The van der Waals surface area contributed by atoms with Crippen LogP contribution in [-0.4, -0.2) is 10.8 Å². The Morgan fingerprint density at radius 1 is 1.10 bits per heavy atom. The van der Waals surface area contributed by atoms with Gasteiger partial charge in [0.2, 0.25) is 0 Å². The minimum Gasteiger partial charge on any atom is -0.325 e. The molecule has 1 aromatic carbocycles. The molecule has 0 aromatic heterocycles. The van der Waals surface area contributed by atoms with Crippen LogP contribution >= 0.6 is 23.8 Å². The minimum atomic E-state index is 0.779. The Balaban J connectivity index is 2.80. The lowest BCUT2D eigenvalue weighted by molar-refractivity contribution is 0.664. The molecular formula is C7H8OS2. The van der Waals surface area contributed by atoms with Crippen LogP contribution in [0.2, 0.25) is 0 Å². The molecule has 1 N–H and O–H groups in total. The van der Waals surface area contributed by atoms with Crippen molar-refractivity contribution >= 4 is 23.8 Å². The Bertz CT molecular complexity index is 172. The maximum Gasteiger partial charge on any atom is 0.0351 e. The molecule has 0 radical (unpaired) electrons. The average Bonchev–Trinajstić information content (AvgIpc) is 2.05. The van der Waals surface area contributed by atoms with Crippen LogP contribution in [0.4, 0.5) is 0 Å². The van der Waals surface area contributed by atoms with Crippen LogP contribution in [0.5, 0.6) is 0 Å². The van der Waals surface area contributed by atoms with E-state index in [1.54, 1.807) is 11.8 Å². The van der Waals surface area contributed by atoms with E-state index in [4.69, 9.17) is 4.55 Å². The molecule has 1 aromatic rings. The van der Waals surface area contributed by atoms with Gasteiger partial charge in [-0.15, -0.1) is 11.8 Å². The van der Waals surface area contributed by atoms with Crippen molar-refractivity contribution in [2.24, 2.45) is 0 Å². The molecule has 3 heteroatoms. The first-order chi connectivity index (χ1) is 4.86. The number of rotatable bonds is 2. The summed E-state index contributed by atoms with van der Waals surface area (Å²) in [7, 11) is 0. The van der Waals surface area contributed by atoms with Gasteiger partial charge in [0.1, 0.15) is 0 Å². The van der Waals surface area contributed by atoms with Crippen LogP contribution in [0.3, 0.4) is 0 Å². The Morgan fingerprint density at radius 3 is 2.00 bits per heavy atom. The van der Waals surface area contributed by atoms with Crippen molar-refractivity contribution in [2.45, 2.75) is 9.79 Å². The highest BCUT2D eigenvalue weighted by Gasteiger charge is 1.90. The maximum absolute atomic E-state index is 8.61. The van der Waals surface area contributed by atoms with Gasteiger partial charge in [0.25, 0.3) is 0 Å². The Kier molecular flexibility index (Phi) is 3.12. The molecule has 1 rings (SSSR count). The number of benzene rings is 1. The van der Waals surface area contributed by atoms with E-state index in [1.165, 1.54) is 4.90 Å². The van der Waals surface area contributed by atoms with E-state index in [0.717, 1.165) is 16.9 Å². The molecule has 0 saturated heterocycles. The fraction of sp³-hybridized carbons (Fsp3) is 0.143. The van der Waals surface area contributed by atoms with Crippen LogP contribution in [0.25, 0.3) is 0 Å². The smallest absolute Gasteiger partial charge is 0.0351 e. The first kappa shape index (κ1) is 7.98. The molecule has 0 aliphatic heterocycles. The van der Waals surface area contributed by atoms with Gasteiger partial charge in [-0.3, -0.25) is 0 Å². The minimum absolute atomic E-state index is 0.779. The van der Waals surface area contributed by atoms with E-state index in [0.29, 0.717) is 0 Å². The molecule has 0 saturated carbocycles. The molecule has 0 aliphatic carbocycles.